The van der Waals surface area contributed by atoms with Crippen LogP contribution in [-0.4, -0.2) is 23.8 Å². The van der Waals surface area contributed by atoms with Gasteiger partial charge in [-0.25, -0.2) is 4.39 Å². The van der Waals surface area contributed by atoms with Crippen LogP contribution in [0.3, 0.4) is 0 Å². The van der Waals surface area contributed by atoms with Crippen LogP contribution in [0.1, 0.15) is 5.56 Å². The standard InChI is InChI=1S/C17H12BrFN2O2/c1-21-16(22)14(10-5-7-12(19)8-6-10)15(17(21)23)20-13-4-2-3-11(18)9-13/h2-9,20H,1H3. The number of carbonyl (C=O) groups excluding carboxylic acids is 2. The van der Waals surface area contributed by atoms with Crippen LogP contribution in [-0.2, 0) is 9.59 Å². The number of benzene rings is 2. The Kier molecular flexibility index (Phi) is 4.00. The van der Waals surface area contributed by atoms with Crippen molar-refractivity contribution in [3.8, 4) is 0 Å². The van der Waals surface area contributed by atoms with Gasteiger partial charge in [0.15, 0.2) is 0 Å². The number of hydrogen-bond acceptors (Lipinski definition) is 3. The van der Waals surface area contributed by atoms with Crippen molar-refractivity contribution < 1.29 is 14.0 Å². The lowest BCUT2D eigenvalue weighted by molar-refractivity contribution is -0.135. The summed E-state index contributed by atoms with van der Waals surface area (Å²) in [4.78, 5) is 25.8. The van der Waals surface area contributed by atoms with Crippen molar-refractivity contribution in [2.75, 3.05) is 12.4 Å². The minimum absolute atomic E-state index is 0.183. The molecule has 0 radical (unpaired) electrons. The first kappa shape index (κ1) is 15.4. The Bertz CT molecular complexity index is 831. The summed E-state index contributed by atoms with van der Waals surface area (Å²) in [6.45, 7) is 0. The lowest BCUT2D eigenvalue weighted by Gasteiger charge is -2.09. The maximum atomic E-state index is 13.1. The third-order valence-corrected chi connectivity index (χ3v) is 4.01. The van der Waals surface area contributed by atoms with Gasteiger partial charge in [-0.1, -0.05) is 34.1 Å². The van der Waals surface area contributed by atoms with Crippen LogP contribution >= 0.6 is 15.9 Å². The van der Waals surface area contributed by atoms with Gasteiger partial charge in [0.1, 0.15) is 11.5 Å². The van der Waals surface area contributed by atoms with Gasteiger partial charge in [0.05, 0.1) is 5.57 Å². The van der Waals surface area contributed by atoms with Crippen LogP contribution in [0.2, 0.25) is 0 Å². The highest BCUT2D eigenvalue weighted by atomic mass is 79.9. The van der Waals surface area contributed by atoms with E-state index in [1.165, 1.54) is 31.3 Å². The Morgan fingerprint density at radius 1 is 1.04 bits per heavy atom. The fourth-order valence-electron chi connectivity index (χ4n) is 2.35. The molecule has 0 unspecified atom stereocenters. The van der Waals surface area contributed by atoms with Crippen LogP contribution in [0.4, 0.5) is 10.1 Å². The predicted molar refractivity (Wildman–Crippen MR) is 88.9 cm³/mol. The zero-order valence-corrected chi connectivity index (χ0v) is 13.7. The molecule has 0 aliphatic carbocycles. The number of halogens is 2. The van der Waals surface area contributed by atoms with E-state index in [2.05, 4.69) is 21.2 Å². The normalized spacial score (nSPS) is 14.7. The fourth-order valence-corrected chi connectivity index (χ4v) is 2.75. The summed E-state index contributed by atoms with van der Waals surface area (Å²) in [5, 5.41) is 3.00. The Hall–Kier alpha value is -2.47. The molecule has 4 nitrogen and oxygen atoms in total. The summed E-state index contributed by atoms with van der Waals surface area (Å²) in [7, 11) is 1.42. The highest BCUT2D eigenvalue weighted by molar-refractivity contribution is 9.10. The largest absolute Gasteiger partial charge is 0.350 e. The van der Waals surface area contributed by atoms with Gasteiger partial charge in [-0.15, -0.1) is 0 Å². The Labute approximate surface area is 140 Å². The zero-order chi connectivity index (χ0) is 16.6. The minimum Gasteiger partial charge on any atom is -0.350 e. The second-order valence-corrected chi connectivity index (χ2v) is 5.98. The number of hydrogen-bond donors (Lipinski definition) is 1. The van der Waals surface area contributed by atoms with Crippen LogP contribution in [0.15, 0.2) is 58.7 Å². The third kappa shape index (κ3) is 2.90. The molecule has 0 spiro atoms. The quantitative estimate of drug-likeness (QED) is 0.837. The van der Waals surface area contributed by atoms with Gasteiger partial charge in [0, 0.05) is 17.2 Å². The van der Waals surface area contributed by atoms with Gasteiger partial charge in [0.2, 0.25) is 0 Å². The molecule has 2 aromatic rings. The molecule has 6 heteroatoms. The molecular weight excluding hydrogens is 363 g/mol. The monoisotopic (exact) mass is 374 g/mol. The molecule has 0 bridgehead atoms. The van der Waals surface area contributed by atoms with Crippen molar-refractivity contribution in [3.63, 3.8) is 0 Å². The lowest BCUT2D eigenvalue weighted by atomic mass is 10.0. The maximum Gasteiger partial charge on any atom is 0.277 e. The van der Waals surface area contributed by atoms with Gasteiger partial charge >= 0.3 is 0 Å². The molecule has 3 rings (SSSR count). The smallest absolute Gasteiger partial charge is 0.277 e. The van der Waals surface area contributed by atoms with Gasteiger partial charge in [0.25, 0.3) is 11.8 Å². The van der Waals surface area contributed by atoms with E-state index in [9.17, 15) is 14.0 Å². The van der Waals surface area contributed by atoms with Crippen LogP contribution in [0.25, 0.3) is 5.57 Å². The second kappa shape index (κ2) is 5.96. The molecule has 116 valence electrons. The highest BCUT2D eigenvalue weighted by Gasteiger charge is 2.36. The average molecular weight is 375 g/mol. The highest BCUT2D eigenvalue weighted by Crippen LogP contribution is 2.30. The number of imide groups is 1. The number of likely N-dealkylation sites (N-methyl/N-ethyl adjacent to an activating group) is 1. The first-order valence-corrected chi connectivity index (χ1v) is 7.62. The molecule has 0 aromatic heterocycles. The van der Waals surface area contributed by atoms with E-state index >= 15 is 0 Å². The van der Waals surface area contributed by atoms with Crippen molar-refractivity contribution in [1.29, 1.82) is 0 Å². The van der Waals surface area contributed by atoms with Crippen LogP contribution in [0, 0.1) is 5.82 Å². The number of nitrogens with zero attached hydrogens (tertiary/aromatic N) is 1. The summed E-state index contributed by atoms with van der Waals surface area (Å²) in [5.74, 6) is -1.24. The van der Waals surface area contributed by atoms with Gasteiger partial charge < -0.3 is 5.32 Å². The number of amides is 2. The fraction of sp³-hybridized carbons (Fsp3) is 0.0588. The van der Waals surface area contributed by atoms with E-state index in [0.29, 0.717) is 11.3 Å². The Morgan fingerprint density at radius 3 is 2.39 bits per heavy atom. The Morgan fingerprint density at radius 2 is 1.74 bits per heavy atom. The number of nitrogens with one attached hydrogen (secondary N) is 1. The molecule has 1 heterocycles. The first-order valence-electron chi connectivity index (χ1n) is 6.82. The third-order valence-electron chi connectivity index (χ3n) is 3.51. The molecule has 0 saturated carbocycles. The maximum absolute atomic E-state index is 13.1. The predicted octanol–water partition coefficient (Wildman–Crippen LogP) is 3.41. The zero-order valence-electron chi connectivity index (χ0n) is 12.1. The molecule has 2 amide bonds. The number of rotatable bonds is 3. The molecular formula is C17H12BrFN2O2. The molecule has 0 fully saturated rings. The van der Waals surface area contributed by atoms with E-state index in [0.717, 1.165) is 9.37 Å². The summed E-state index contributed by atoms with van der Waals surface area (Å²) in [6, 6.07) is 12.7. The molecule has 2 aromatic carbocycles. The summed E-state index contributed by atoms with van der Waals surface area (Å²) in [5.41, 5.74) is 1.58. The summed E-state index contributed by atoms with van der Waals surface area (Å²) in [6.07, 6.45) is 0. The van der Waals surface area contributed by atoms with Crippen LogP contribution < -0.4 is 5.32 Å². The van der Waals surface area contributed by atoms with E-state index in [1.807, 2.05) is 12.1 Å². The van der Waals surface area contributed by atoms with Crippen molar-refractivity contribution in [2.24, 2.45) is 0 Å². The number of anilines is 1. The van der Waals surface area contributed by atoms with E-state index in [1.54, 1.807) is 12.1 Å². The van der Waals surface area contributed by atoms with Crippen molar-refractivity contribution in [2.45, 2.75) is 0 Å². The average Bonchev–Trinajstić information content (AvgIpc) is 2.73. The molecule has 0 saturated heterocycles. The van der Waals surface area contributed by atoms with Crippen LogP contribution in [0.5, 0.6) is 0 Å². The molecule has 0 atom stereocenters. The van der Waals surface area contributed by atoms with E-state index in [4.69, 9.17) is 0 Å². The number of carbonyl (C=O) groups is 2. The lowest BCUT2D eigenvalue weighted by Crippen LogP contribution is -2.27. The molecule has 1 N–H and O–H groups in total. The van der Waals surface area contributed by atoms with E-state index in [-0.39, 0.29) is 11.3 Å². The Balaban J connectivity index is 2.08. The first-order chi connectivity index (χ1) is 11.0. The SMILES string of the molecule is CN1C(=O)C(Nc2cccc(Br)c2)=C(c2ccc(F)cc2)C1=O. The second-order valence-electron chi connectivity index (χ2n) is 5.06. The summed E-state index contributed by atoms with van der Waals surface area (Å²) >= 11 is 3.36. The minimum atomic E-state index is -0.422. The van der Waals surface area contributed by atoms with Crippen molar-refractivity contribution in [1.82, 2.24) is 4.90 Å². The molecule has 1 aliphatic heterocycles. The van der Waals surface area contributed by atoms with Crippen molar-refractivity contribution >= 4 is 39.0 Å². The van der Waals surface area contributed by atoms with Gasteiger partial charge in [-0.05, 0) is 35.9 Å². The van der Waals surface area contributed by atoms with Crippen molar-refractivity contribution in [3.05, 3.63) is 70.1 Å². The topological polar surface area (TPSA) is 49.4 Å². The molecule has 1 aliphatic rings. The van der Waals surface area contributed by atoms with E-state index < -0.39 is 17.6 Å². The summed E-state index contributed by atoms with van der Waals surface area (Å²) < 4.78 is 14.0. The van der Waals surface area contributed by atoms with Gasteiger partial charge in [-0.2, -0.15) is 0 Å². The van der Waals surface area contributed by atoms with Gasteiger partial charge in [-0.3, -0.25) is 14.5 Å². The molecule has 23 heavy (non-hydrogen) atoms.